The first-order valence-electron chi connectivity index (χ1n) is 4.71. The number of aromatic nitrogens is 2. The van der Waals surface area contributed by atoms with Crippen LogP contribution in [0, 0.1) is 0 Å². The summed E-state index contributed by atoms with van der Waals surface area (Å²) in [5, 5.41) is 19.2. The summed E-state index contributed by atoms with van der Waals surface area (Å²) in [6.45, 7) is 0. The molecule has 9 heteroatoms. The van der Waals surface area contributed by atoms with E-state index in [1.165, 1.54) is 12.3 Å². The number of aliphatic hydroxyl groups excluding tert-OH is 2. The van der Waals surface area contributed by atoms with Gasteiger partial charge >= 0.3 is 5.69 Å². The molecule has 4 atom stereocenters. The van der Waals surface area contributed by atoms with Gasteiger partial charge in [0.05, 0.1) is 0 Å². The van der Waals surface area contributed by atoms with Crippen molar-refractivity contribution >= 4 is 17.9 Å². The number of nitrogens with zero attached hydrogens (tertiary/aromatic N) is 2. The van der Waals surface area contributed by atoms with Gasteiger partial charge in [0, 0.05) is 18.2 Å². The predicted molar refractivity (Wildman–Crippen MR) is 59.1 cm³/mol. The lowest BCUT2D eigenvalue weighted by molar-refractivity contribution is -0.0247. The lowest BCUT2D eigenvalue weighted by Crippen LogP contribution is -2.35. The van der Waals surface area contributed by atoms with Gasteiger partial charge in [-0.1, -0.05) is 0 Å². The van der Waals surface area contributed by atoms with Crippen LogP contribution >= 0.6 is 12.0 Å². The lowest BCUT2D eigenvalue weighted by Gasteiger charge is -2.16. The Morgan fingerprint density at radius 1 is 1.47 bits per heavy atom. The topological polar surface area (TPSA) is 131 Å². The van der Waals surface area contributed by atoms with Crippen molar-refractivity contribution in [2.45, 2.75) is 23.9 Å². The molecular formula is C8H11N3O5S. The van der Waals surface area contributed by atoms with Gasteiger partial charge in [-0.25, -0.2) is 4.79 Å². The monoisotopic (exact) mass is 261 g/mol. The first-order valence-corrected chi connectivity index (χ1v) is 5.54. The smallest absolute Gasteiger partial charge is 0.351 e. The van der Waals surface area contributed by atoms with E-state index in [4.69, 9.17) is 15.0 Å². The number of rotatable bonds is 2. The summed E-state index contributed by atoms with van der Waals surface area (Å²) in [7, 11) is 0. The Labute approximate surface area is 99.9 Å². The average Bonchev–Trinajstić information content (AvgIpc) is 2.57. The van der Waals surface area contributed by atoms with Gasteiger partial charge in [-0.15, -0.1) is 0 Å². The summed E-state index contributed by atoms with van der Waals surface area (Å²) >= 11 is 0.259. The minimum atomic E-state index is -1.33. The number of ether oxygens (including phenoxy) is 1. The zero-order chi connectivity index (χ0) is 12.6. The van der Waals surface area contributed by atoms with Gasteiger partial charge < -0.3 is 25.2 Å². The summed E-state index contributed by atoms with van der Waals surface area (Å²) in [6, 6.07) is 1.36. The molecule has 0 radical (unpaired) electrons. The van der Waals surface area contributed by atoms with E-state index < -0.39 is 29.6 Å². The van der Waals surface area contributed by atoms with Crippen molar-refractivity contribution in [3.8, 4) is 0 Å². The van der Waals surface area contributed by atoms with Crippen LogP contribution in [0.4, 0.5) is 5.82 Å². The molecule has 94 valence electrons. The normalized spacial score (nSPS) is 32.9. The second-order valence-corrected chi connectivity index (χ2v) is 4.20. The molecule has 2 heterocycles. The van der Waals surface area contributed by atoms with Crippen LogP contribution in [0.2, 0.25) is 0 Å². The van der Waals surface area contributed by atoms with E-state index in [9.17, 15) is 15.0 Å². The summed E-state index contributed by atoms with van der Waals surface area (Å²) in [5.41, 5.74) is 3.60. The van der Waals surface area contributed by atoms with Gasteiger partial charge in [-0.3, -0.25) is 4.57 Å². The van der Waals surface area contributed by atoms with Crippen LogP contribution < -0.4 is 11.4 Å². The van der Waals surface area contributed by atoms with E-state index in [0.29, 0.717) is 0 Å². The highest BCUT2D eigenvalue weighted by Crippen LogP contribution is 2.32. The SMILES string of the molecule is Nc1ccn([C@@H]2O[C@H](SO)[C@@H](O)[C@H]2O)c(=O)n1. The van der Waals surface area contributed by atoms with Crippen LogP contribution in [0.5, 0.6) is 0 Å². The Morgan fingerprint density at radius 3 is 2.71 bits per heavy atom. The highest BCUT2D eigenvalue weighted by Gasteiger charge is 2.44. The third-order valence-electron chi connectivity index (χ3n) is 2.42. The molecule has 0 bridgehead atoms. The maximum Gasteiger partial charge on any atom is 0.351 e. The van der Waals surface area contributed by atoms with Crippen molar-refractivity contribution in [2.24, 2.45) is 0 Å². The van der Waals surface area contributed by atoms with Crippen molar-refractivity contribution in [1.82, 2.24) is 9.55 Å². The Bertz CT molecular complexity index is 467. The van der Waals surface area contributed by atoms with Gasteiger partial charge in [0.1, 0.15) is 18.0 Å². The van der Waals surface area contributed by atoms with Crippen LogP contribution in [-0.2, 0) is 4.74 Å². The van der Waals surface area contributed by atoms with Crippen LogP contribution in [0.25, 0.3) is 0 Å². The minimum Gasteiger partial charge on any atom is -0.386 e. The first-order chi connectivity index (χ1) is 8.04. The molecule has 1 saturated heterocycles. The third kappa shape index (κ3) is 2.15. The molecule has 1 aromatic rings. The van der Waals surface area contributed by atoms with E-state index in [1.807, 2.05) is 0 Å². The second-order valence-electron chi connectivity index (χ2n) is 3.52. The molecule has 1 aliphatic heterocycles. The van der Waals surface area contributed by atoms with E-state index in [0.717, 1.165) is 4.57 Å². The Kier molecular flexibility index (Phi) is 3.35. The number of aliphatic hydroxyl groups is 2. The minimum absolute atomic E-state index is 0.0485. The van der Waals surface area contributed by atoms with Gasteiger partial charge in [0.2, 0.25) is 0 Å². The Balaban J connectivity index is 2.32. The molecule has 0 aromatic carbocycles. The summed E-state index contributed by atoms with van der Waals surface area (Å²) < 4.78 is 15.0. The highest BCUT2D eigenvalue weighted by molar-refractivity contribution is 7.94. The fraction of sp³-hybridized carbons (Fsp3) is 0.500. The molecule has 1 aliphatic rings. The number of hydrogen-bond donors (Lipinski definition) is 4. The fourth-order valence-electron chi connectivity index (χ4n) is 1.56. The molecule has 8 nitrogen and oxygen atoms in total. The molecule has 17 heavy (non-hydrogen) atoms. The largest absolute Gasteiger partial charge is 0.386 e. The van der Waals surface area contributed by atoms with Gasteiger partial charge in [0.15, 0.2) is 11.7 Å². The maximum atomic E-state index is 11.5. The van der Waals surface area contributed by atoms with E-state index >= 15 is 0 Å². The summed E-state index contributed by atoms with van der Waals surface area (Å²) in [6.07, 6.45) is -2.42. The van der Waals surface area contributed by atoms with Crippen LogP contribution in [0.15, 0.2) is 17.1 Å². The van der Waals surface area contributed by atoms with E-state index in [1.54, 1.807) is 0 Å². The maximum absolute atomic E-state index is 11.5. The van der Waals surface area contributed by atoms with Gasteiger partial charge in [0.25, 0.3) is 0 Å². The van der Waals surface area contributed by atoms with Crippen LogP contribution in [-0.4, -0.2) is 42.0 Å². The van der Waals surface area contributed by atoms with Crippen LogP contribution in [0.3, 0.4) is 0 Å². The molecule has 0 spiro atoms. The molecule has 5 N–H and O–H groups in total. The number of hydrogen-bond acceptors (Lipinski definition) is 8. The summed E-state index contributed by atoms with van der Waals surface area (Å²) in [5.74, 6) is 0.0485. The Hall–Kier alpha value is -1.13. The molecule has 0 amide bonds. The first kappa shape index (κ1) is 12.3. The van der Waals surface area contributed by atoms with Crippen molar-refractivity contribution in [1.29, 1.82) is 0 Å². The van der Waals surface area contributed by atoms with Crippen LogP contribution in [0.1, 0.15) is 6.23 Å². The van der Waals surface area contributed by atoms with Crippen molar-refractivity contribution in [2.75, 3.05) is 5.73 Å². The predicted octanol–water partition coefficient (Wildman–Crippen LogP) is -1.39. The lowest BCUT2D eigenvalue weighted by atomic mass is 10.2. The summed E-state index contributed by atoms with van der Waals surface area (Å²) in [4.78, 5) is 15.0. The quantitative estimate of drug-likeness (QED) is 0.478. The number of anilines is 1. The Morgan fingerprint density at radius 2 is 2.18 bits per heavy atom. The molecule has 0 aliphatic carbocycles. The molecule has 1 aromatic heterocycles. The number of nitrogens with two attached hydrogens (primary N) is 1. The second kappa shape index (κ2) is 4.63. The zero-order valence-corrected chi connectivity index (χ0v) is 9.32. The highest BCUT2D eigenvalue weighted by atomic mass is 32.2. The van der Waals surface area contributed by atoms with E-state index in [2.05, 4.69) is 4.98 Å². The molecule has 2 rings (SSSR count). The molecular weight excluding hydrogens is 250 g/mol. The van der Waals surface area contributed by atoms with Crippen molar-refractivity contribution < 1.29 is 19.5 Å². The van der Waals surface area contributed by atoms with Crippen molar-refractivity contribution in [3.05, 3.63) is 22.7 Å². The van der Waals surface area contributed by atoms with Crippen molar-refractivity contribution in [3.63, 3.8) is 0 Å². The fourth-order valence-corrected chi connectivity index (χ4v) is 2.01. The molecule has 0 unspecified atom stereocenters. The average molecular weight is 261 g/mol. The zero-order valence-electron chi connectivity index (χ0n) is 8.50. The van der Waals surface area contributed by atoms with Gasteiger partial charge in [-0.05, 0) is 6.07 Å². The standard InChI is InChI=1S/C8H11N3O5S/c9-3-1-2-11(8(14)10-3)6-4(12)5(13)7(16-6)17-15/h1-2,4-7,12-13,15H,(H2,9,10,14)/t4-,5+,6-,7-/m1/s1. The number of nitrogen functional groups attached to an aromatic ring is 1. The van der Waals surface area contributed by atoms with E-state index in [-0.39, 0.29) is 17.9 Å². The van der Waals surface area contributed by atoms with Gasteiger partial charge in [-0.2, -0.15) is 4.98 Å². The molecule has 0 saturated carbocycles. The molecule has 1 fully saturated rings. The third-order valence-corrected chi connectivity index (χ3v) is 3.02.